The summed E-state index contributed by atoms with van der Waals surface area (Å²) in [6.45, 7) is 6.30. The van der Waals surface area contributed by atoms with Crippen molar-refractivity contribution >= 4 is 40.3 Å². The predicted molar refractivity (Wildman–Crippen MR) is 85.3 cm³/mol. The van der Waals surface area contributed by atoms with Gasteiger partial charge in [-0.1, -0.05) is 44.0 Å². The first-order chi connectivity index (χ1) is 9.27. The molecule has 0 amide bonds. The lowest BCUT2D eigenvalue weighted by Gasteiger charge is -2.14. The largest absolute Gasteiger partial charge is 0.294 e. The van der Waals surface area contributed by atoms with Crippen molar-refractivity contribution in [2.75, 3.05) is 0 Å². The van der Waals surface area contributed by atoms with Gasteiger partial charge < -0.3 is 0 Å². The van der Waals surface area contributed by atoms with Gasteiger partial charge in [0.2, 0.25) is 0 Å². The minimum absolute atomic E-state index is 0.00843. The van der Waals surface area contributed by atoms with Crippen molar-refractivity contribution in [2.24, 2.45) is 0 Å². The molecule has 2 aromatic rings. The average Bonchev–Trinajstić information content (AvgIpc) is 2.80. The second-order valence-corrected chi connectivity index (χ2v) is 7.39. The second-order valence-electron chi connectivity index (χ2n) is 5.60. The van der Waals surface area contributed by atoms with Gasteiger partial charge >= 0.3 is 0 Å². The molecule has 0 saturated heterocycles. The molecule has 0 saturated carbocycles. The Morgan fingerprint density at radius 2 is 2.00 bits per heavy atom. The fourth-order valence-corrected chi connectivity index (χ4v) is 3.09. The highest BCUT2D eigenvalue weighted by Crippen LogP contribution is 2.26. The number of halogens is 2. The number of thiazole rings is 1. The van der Waals surface area contributed by atoms with E-state index in [1.54, 1.807) is 18.2 Å². The van der Waals surface area contributed by atoms with Gasteiger partial charge in [-0.3, -0.25) is 4.79 Å². The molecule has 1 aromatic heterocycles. The molecule has 2 rings (SSSR count). The van der Waals surface area contributed by atoms with E-state index in [2.05, 4.69) is 25.8 Å². The summed E-state index contributed by atoms with van der Waals surface area (Å²) in [6, 6.07) is 4.91. The van der Waals surface area contributed by atoms with Crippen LogP contribution < -0.4 is 0 Å². The van der Waals surface area contributed by atoms with Crippen LogP contribution >= 0.6 is 34.5 Å². The minimum Gasteiger partial charge on any atom is -0.294 e. The molecule has 0 aliphatic carbocycles. The smallest absolute Gasteiger partial charge is 0.171 e. The van der Waals surface area contributed by atoms with E-state index in [0.717, 1.165) is 10.7 Å². The van der Waals surface area contributed by atoms with Gasteiger partial charge in [-0.25, -0.2) is 4.98 Å². The molecular formula is C15H15Cl2NOS. The number of nitrogens with zero attached hydrogens (tertiary/aromatic N) is 1. The van der Waals surface area contributed by atoms with Crippen LogP contribution in [0.25, 0.3) is 0 Å². The van der Waals surface area contributed by atoms with Gasteiger partial charge in [0.25, 0.3) is 0 Å². The predicted octanol–water partition coefficient (Wildman–Crippen LogP) is 5.17. The van der Waals surface area contributed by atoms with Gasteiger partial charge in [0.1, 0.15) is 5.01 Å². The molecule has 0 atom stereocenters. The molecule has 0 aliphatic rings. The van der Waals surface area contributed by atoms with Gasteiger partial charge in [-0.05, 0) is 18.2 Å². The van der Waals surface area contributed by atoms with Crippen molar-refractivity contribution in [3.8, 4) is 0 Å². The van der Waals surface area contributed by atoms with Crippen LogP contribution in [0.3, 0.4) is 0 Å². The molecule has 0 radical (unpaired) electrons. The second kappa shape index (κ2) is 5.84. The number of carbonyl (C=O) groups is 1. The van der Waals surface area contributed by atoms with Crippen LogP contribution in [0, 0.1) is 0 Å². The third-order valence-electron chi connectivity index (χ3n) is 2.86. The van der Waals surface area contributed by atoms with Gasteiger partial charge in [-0.2, -0.15) is 0 Å². The maximum absolute atomic E-state index is 12.3. The lowest BCUT2D eigenvalue weighted by atomic mass is 9.93. The molecule has 0 N–H and O–H groups in total. The summed E-state index contributed by atoms with van der Waals surface area (Å²) in [6.07, 6.45) is 0.251. The lowest BCUT2D eigenvalue weighted by molar-refractivity contribution is 0.0993. The van der Waals surface area contributed by atoms with Crippen LogP contribution in [-0.4, -0.2) is 10.8 Å². The van der Waals surface area contributed by atoms with E-state index in [0.29, 0.717) is 15.6 Å². The number of hydrogen-bond acceptors (Lipinski definition) is 3. The van der Waals surface area contributed by atoms with E-state index in [-0.39, 0.29) is 17.6 Å². The van der Waals surface area contributed by atoms with Crippen molar-refractivity contribution in [3.05, 3.63) is 49.9 Å². The fraction of sp³-hybridized carbons (Fsp3) is 0.333. The topological polar surface area (TPSA) is 30.0 Å². The van der Waals surface area contributed by atoms with Crippen molar-refractivity contribution < 1.29 is 4.79 Å². The van der Waals surface area contributed by atoms with E-state index in [9.17, 15) is 4.79 Å². The molecule has 1 aromatic carbocycles. The molecule has 0 aliphatic heterocycles. The van der Waals surface area contributed by atoms with Gasteiger partial charge in [0, 0.05) is 21.4 Å². The van der Waals surface area contributed by atoms with Gasteiger partial charge in [-0.15, -0.1) is 11.3 Å². The number of ketones is 1. The standard InChI is InChI=1S/C15H15Cl2NOS/c1-15(2,3)13-8-20-14(18-13)7-12(19)10-6-9(16)4-5-11(10)17/h4-6,8H,7H2,1-3H3. The Morgan fingerprint density at radius 3 is 2.60 bits per heavy atom. The Morgan fingerprint density at radius 1 is 1.30 bits per heavy atom. The Bertz CT molecular complexity index is 644. The molecule has 106 valence electrons. The number of hydrogen-bond donors (Lipinski definition) is 0. The van der Waals surface area contributed by atoms with Crippen molar-refractivity contribution in [1.29, 1.82) is 0 Å². The number of Topliss-reactive ketones (excluding diaryl/α,β-unsaturated/α-hetero) is 1. The first kappa shape index (κ1) is 15.5. The quantitative estimate of drug-likeness (QED) is 0.727. The molecule has 0 bridgehead atoms. The summed E-state index contributed by atoms with van der Waals surface area (Å²) >= 11 is 13.4. The molecule has 1 heterocycles. The van der Waals surface area contributed by atoms with E-state index in [1.165, 1.54) is 11.3 Å². The summed E-state index contributed by atoms with van der Waals surface area (Å²) in [5.41, 5.74) is 1.44. The van der Waals surface area contributed by atoms with Crippen LogP contribution in [0.15, 0.2) is 23.6 Å². The molecule has 0 fully saturated rings. The highest BCUT2D eigenvalue weighted by molar-refractivity contribution is 7.09. The van der Waals surface area contributed by atoms with Crippen LogP contribution in [0.2, 0.25) is 10.0 Å². The first-order valence-corrected chi connectivity index (χ1v) is 7.84. The summed E-state index contributed by atoms with van der Waals surface area (Å²) in [5.74, 6) is -0.0627. The number of aromatic nitrogens is 1. The van der Waals surface area contributed by atoms with Gasteiger partial charge in [0.15, 0.2) is 5.78 Å². The molecule has 0 spiro atoms. The van der Waals surface area contributed by atoms with Crippen LogP contribution in [-0.2, 0) is 11.8 Å². The third kappa shape index (κ3) is 3.60. The number of rotatable bonds is 3. The summed E-state index contributed by atoms with van der Waals surface area (Å²) < 4.78 is 0. The molecule has 2 nitrogen and oxygen atoms in total. The Balaban J connectivity index is 2.20. The van der Waals surface area contributed by atoms with Crippen LogP contribution in [0.5, 0.6) is 0 Å². The monoisotopic (exact) mass is 327 g/mol. The Hall–Kier alpha value is -0.900. The van der Waals surface area contributed by atoms with Gasteiger partial charge in [0.05, 0.1) is 17.1 Å². The first-order valence-electron chi connectivity index (χ1n) is 6.20. The van der Waals surface area contributed by atoms with E-state index >= 15 is 0 Å². The molecule has 0 unspecified atom stereocenters. The minimum atomic E-state index is -0.0627. The van der Waals surface area contributed by atoms with Crippen LogP contribution in [0.1, 0.15) is 41.8 Å². The number of carbonyl (C=O) groups excluding carboxylic acids is 1. The molecular weight excluding hydrogens is 313 g/mol. The Kier molecular flexibility index (Phi) is 4.52. The maximum atomic E-state index is 12.3. The zero-order valence-electron chi connectivity index (χ0n) is 11.5. The normalized spacial score (nSPS) is 11.7. The average molecular weight is 328 g/mol. The van der Waals surface area contributed by atoms with Crippen molar-refractivity contribution in [3.63, 3.8) is 0 Å². The van der Waals surface area contributed by atoms with Crippen LogP contribution in [0.4, 0.5) is 0 Å². The van der Waals surface area contributed by atoms with Crippen molar-refractivity contribution in [1.82, 2.24) is 4.98 Å². The van der Waals surface area contributed by atoms with E-state index in [4.69, 9.17) is 23.2 Å². The summed E-state index contributed by atoms with van der Waals surface area (Å²) in [7, 11) is 0. The maximum Gasteiger partial charge on any atom is 0.171 e. The zero-order chi connectivity index (χ0) is 14.9. The summed E-state index contributed by atoms with van der Waals surface area (Å²) in [5, 5.41) is 3.73. The SMILES string of the molecule is CC(C)(C)c1csc(CC(=O)c2cc(Cl)ccc2Cl)n1. The third-order valence-corrected chi connectivity index (χ3v) is 4.27. The lowest BCUT2D eigenvalue weighted by Crippen LogP contribution is -2.12. The fourth-order valence-electron chi connectivity index (χ4n) is 1.68. The Labute approximate surface area is 132 Å². The highest BCUT2D eigenvalue weighted by atomic mass is 35.5. The molecule has 5 heteroatoms. The molecule has 20 heavy (non-hydrogen) atoms. The van der Waals surface area contributed by atoms with E-state index in [1.807, 2.05) is 5.38 Å². The number of benzene rings is 1. The van der Waals surface area contributed by atoms with E-state index < -0.39 is 0 Å². The van der Waals surface area contributed by atoms with Crippen molar-refractivity contribution in [2.45, 2.75) is 32.6 Å². The summed E-state index contributed by atoms with van der Waals surface area (Å²) in [4.78, 5) is 16.8. The zero-order valence-corrected chi connectivity index (χ0v) is 13.9. The highest BCUT2D eigenvalue weighted by Gasteiger charge is 2.19.